The minimum atomic E-state index is -0.442. The van der Waals surface area contributed by atoms with E-state index in [0.29, 0.717) is 18.9 Å². The smallest absolute Gasteiger partial charge is 0.141 e. The van der Waals surface area contributed by atoms with Gasteiger partial charge in [-0.3, -0.25) is 0 Å². The Bertz CT molecular complexity index is 604. The molecule has 2 aromatic carbocycles. The van der Waals surface area contributed by atoms with Gasteiger partial charge in [-0.05, 0) is 35.9 Å². The molecule has 3 nitrogen and oxygen atoms in total. The van der Waals surface area contributed by atoms with Crippen molar-refractivity contribution in [3.63, 3.8) is 0 Å². The van der Waals surface area contributed by atoms with Gasteiger partial charge in [-0.25, -0.2) is 4.39 Å². The Hall–Kier alpha value is -1.78. The zero-order valence-corrected chi connectivity index (χ0v) is 11.8. The molecule has 20 heavy (non-hydrogen) atoms. The van der Waals surface area contributed by atoms with Crippen LogP contribution in [0, 0.1) is 5.82 Å². The van der Waals surface area contributed by atoms with E-state index in [1.54, 1.807) is 31.4 Å². The summed E-state index contributed by atoms with van der Waals surface area (Å²) in [5.74, 6) is 0.957. The van der Waals surface area contributed by atoms with Gasteiger partial charge in [0.2, 0.25) is 0 Å². The summed E-state index contributed by atoms with van der Waals surface area (Å²) < 4.78 is 23.9. The van der Waals surface area contributed by atoms with Crippen molar-refractivity contribution >= 4 is 11.6 Å². The van der Waals surface area contributed by atoms with Gasteiger partial charge < -0.3 is 15.2 Å². The maximum absolute atomic E-state index is 13.1. The second-order valence-electron chi connectivity index (χ2n) is 4.21. The van der Waals surface area contributed by atoms with Crippen LogP contribution in [0.15, 0.2) is 36.4 Å². The molecule has 0 atom stereocenters. The van der Waals surface area contributed by atoms with Gasteiger partial charge in [0.25, 0.3) is 0 Å². The lowest BCUT2D eigenvalue weighted by Crippen LogP contribution is -2.03. The highest BCUT2D eigenvalue weighted by Crippen LogP contribution is 2.25. The number of hydrogen-bond acceptors (Lipinski definition) is 3. The Morgan fingerprint density at radius 2 is 2.00 bits per heavy atom. The average Bonchev–Trinajstić information content (AvgIpc) is 2.48. The number of ether oxygens (including phenoxy) is 2. The van der Waals surface area contributed by atoms with E-state index >= 15 is 0 Å². The van der Waals surface area contributed by atoms with Crippen LogP contribution >= 0.6 is 11.6 Å². The number of methoxy groups -OCH3 is 1. The van der Waals surface area contributed by atoms with Crippen LogP contribution in [0.4, 0.5) is 4.39 Å². The molecule has 2 aromatic rings. The van der Waals surface area contributed by atoms with E-state index in [9.17, 15) is 4.39 Å². The quantitative estimate of drug-likeness (QED) is 0.918. The second-order valence-corrected chi connectivity index (χ2v) is 4.62. The molecular formula is C15H15ClFNO2. The van der Waals surface area contributed by atoms with Crippen LogP contribution in [0.5, 0.6) is 11.5 Å². The summed E-state index contributed by atoms with van der Waals surface area (Å²) in [6.45, 7) is 0.635. The van der Waals surface area contributed by atoms with Gasteiger partial charge in [-0.1, -0.05) is 17.7 Å². The van der Waals surface area contributed by atoms with E-state index in [0.717, 1.165) is 16.9 Å². The molecule has 0 aromatic heterocycles. The van der Waals surface area contributed by atoms with Crippen molar-refractivity contribution in [3.8, 4) is 11.5 Å². The van der Waals surface area contributed by atoms with Crippen LogP contribution < -0.4 is 15.2 Å². The van der Waals surface area contributed by atoms with Crippen LogP contribution in [-0.4, -0.2) is 7.11 Å². The summed E-state index contributed by atoms with van der Waals surface area (Å²) >= 11 is 5.73. The first-order valence-electron chi connectivity index (χ1n) is 6.07. The largest absolute Gasteiger partial charge is 0.497 e. The lowest BCUT2D eigenvalue weighted by Gasteiger charge is -2.12. The van der Waals surface area contributed by atoms with Gasteiger partial charge in [0.05, 0.1) is 12.1 Å². The lowest BCUT2D eigenvalue weighted by atomic mass is 10.2. The van der Waals surface area contributed by atoms with Crippen molar-refractivity contribution in [2.75, 3.05) is 7.11 Å². The average molecular weight is 296 g/mol. The highest BCUT2D eigenvalue weighted by molar-refractivity contribution is 6.30. The zero-order chi connectivity index (χ0) is 14.5. The Kier molecular flexibility index (Phi) is 4.82. The predicted octanol–water partition coefficient (Wildman–Crippen LogP) is 3.53. The molecule has 2 N–H and O–H groups in total. The molecule has 0 fully saturated rings. The summed E-state index contributed by atoms with van der Waals surface area (Å²) in [6.07, 6.45) is 0. The van der Waals surface area contributed by atoms with Gasteiger partial charge in [-0.15, -0.1) is 0 Å². The van der Waals surface area contributed by atoms with E-state index in [1.165, 1.54) is 6.07 Å². The van der Waals surface area contributed by atoms with E-state index in [2.05, 4.69) is 0 Å². The van der Waals surface area contributed by atoms with Crippen LogP contribution in [0.3, 0.4) is 0 Å². The highest BCUT2D eigenvalue weighted by atomic mass is 35.5. The third-order valence-corrected chi connectivity index (χ3v) is 3.16. The summed E-state index contributed by atoms with van der Waals surface area (Å²) in [7, 11) is 1.59. The van der Waals surface area contributed by atoms with Gasteiger partial charge in [0.1, 0.15) is 23.9 Å². The highest BCUT2D eigenvalue weighted by Gasteiger charge is 2.06. The maximum atomic E-state index is 13.1. The molecule has 0 aliphatic carbocycles. The molecule has 0 amide bonds. The lowest BCUT2D eigenvalue weighted by molar-refractivity contribution is 0.302. The number of halogens is 2. The van der Waals surface area contributed by atoms with Gasteiger partial charge >= 0.3 is 0 Å². The van der Waals surface area contributed by atoms with Crippen molar-refractivity contribution in [2.24, 2.45) is 5.73 Å². The summed E-state index contributed by atoms with van der Waals surface area (Å²) in [5, 5.41) is 0.0832. The van der Waals surface area contributed by atoms with Crippen LogP contribution in [0.2, 0.25) is 5.02 Å². The van der Waals surface area contributed by atoms with Gasteiger partial charge in [0, 0.05) is 12.1 Å². The molecule has 0 unspecified atom stereocenters. The molecule has 5 heteroatoms. The first kappa shape index (κ1) is 14.6. The molecule has 0 spiro atoms. The molecule has 0 bridgehead atoms. The fourth-order valence-corrected chi connectivity index (χ4v) is 1.98. The number of nitrogens with two attached hydrogens (primary N) is 1. The van der Waals surface area contributed by atoms with E-state index in [-0.39, 0.29) is 5.02 Å². The van der Waals surface area contributed by atoms with Crippen molar-refractivity contribution in [2.45, 2.75) is 13.2 Å². The molecule has 0 saturated carbocycles. The molecular weight excluding hydrogens is 281 g/mol. The zero-order valence-electron chi connectivity index (χ0n) is 11.0. The molecule has 106 valence electrons. The fraction of sp³-hybridized carbons (Fsp3) is 0.200. The van der Waals surface area contributed by atoms with Crippen LogP contribution in [-0.2, 0) is 13.2 Å². The minimum absolute atomic E-state index is 0.0832. The Labute approximate surface area is 122 Å². The molecule has 0 radical (unpaired) electrons. The maximum Gasteiger partial charge on any atom is 0.141 e. The van der Waals surface area contributed by atoms with Crippen molar-refractivity contribution in [1.82, 2.24) is 0 Å². The third kappa shape index (κ3) is 3.40. The SMILES string of the molecule is COc1ccc(OCc2ccc(F)c(Cl)c2)c(CN)c1. The Morgan fingerprint density at radius 3 is 2.65 bits per heavy atom. The van der Waals surface area contributed by atoms with Gasteiger partial charge in [-0.2, -0.15) is 0 Å². The molecule has 0 aliphatic heterocycles. The normalized spacial score (nSPS) is 10.4. The van der Waals surface area contributed by atoms with Gasteiger partial charge in [0.15, 0.2) is 0 Å². The Balaban J connectivity index is 2.12. The van der Waals surface area contributed by atoms with E-state index < -0.39 is 5.82 Å². The van der Waals surface area contributed by atoms with Crippen molar-refractivity contribution in [3.05, 3.63) is 58.4 Å². The molecule has 2 rings (SSSR count). The van der Waals surface area contributed by atoms with Crippen LogP contribution in [0.1, 0.15) is 11.1 Å². The summed E-state index contributed by atoms with van der Waals surface area (Å²) in [5.41, 5.74) is 7.31. The molecule has 0 heterocycles. The standard InChI is InChI=1S/C15H15ClFNO2/c1-19-12-3-5-15(11(7-12)8-18)20-9-10-2-4-14(17)13(16)6-10/h2-7H,8-9,18H2,1H3. The summed E-state index contributed by atoms with van der Waals surface area (Å²) in [4.78, 5) is 0. The molecule has 0 aliphatic rings. The van der Waals surface area contributed by atoms with Crippen LogP contribution in [0.25, 0.3) is 0 Å². The minimum Gasteiger partial charge on any atom is -0.497 e. The molecule has 0 saturated heterocycles. The topological polar surface area (TPSA) is 44.5 Å². The number of hydrogen-bond donors (Lipinski definition) is 1. The predicted molar refractivity (Wildman–Crippen MR) is 76.6 cm³/mol. The van der Waals surface area contributed by atoms with Crippen molar-refractivity contribution < 1.29 is 13.9 Å². The monoisotopic (exact) mass is 295 g/mol. The number of benzene rings is 2. The Morgan fingerprint density at radius 1 is 1.20 bits per heavy atom. The van der Waals surface area contributed by atoms with E-state index in [4.69, 9.17) is 26.8 Å². The first-order valence-corrected chi connectivity index (χ1v) is 6.45. The summed E-state index contributed by atoms with van der Waals surface area (Å²) in [6, 6.07) is 9.92. The first-order chi connectivity index (χ1) is 9.63. The fourth-order valence-electron chi connectivity index (χ4n) is 1.77. The number of rotatable bonds is 5. The van der Waals surface area contributed by atoms with E-state index in [1.807, 2.05) is 6.07 Å². The second kappa shape index (κ2) is 6.59. The van der Waals surface area contributed by atoms with Crippen molar-refractivity contribution in [1.29, 1.82) is 0 Å². The third-order valence-electron chi connectivity index (χ3n) is 2.87.